The molecular formula is C101H168N10O24P2. The number of aromatic amines is 2. The zero-order valence-electron chi connectivity index (χ0n) is 84.0. The number of ether oxygens (including phenoxy) is 8. The number of hydrogen-bond donors (Lipinski definition) is 4. The molecule has 137 heavy (non-hydrogen) atoms. The van der Waals surface area contributed by atoms with Crippen LogP contribution in [0.2, 0.25) is 0 Å². The van der Waals surface area contributed by atoms with E-state index in [0.29, 0.717) is 42.6 Å². The third kappa shape index (κ3) is 46.9. The lowest BCUT2D eigenvalue weighted by atomic mass is 10.0. The lowest BCUT2D eigenvalue weighted by Crippen LogP contribution is -2.37. The minimum atomic E-state index is -5.04. The van der Waals surface area contributed by atoms with Crippen molar-refractivity contribution in [2.24, 2.45) is 5.92 Å². The third-order valence-corrected chi connectivity index (χ3v) is 27.8. The van der Waals surface area contributed by atoms with E-state index in [9.17, 15) is 43.2 Å². The maximum absolute atomic E-state index is 15.1. The molecule has 2 aliphatic heterocycles. The molecule has 0 aliphatic carbocycles. The summed E-state index contributed by atoms with van der Waals surface area (Å²) in [5.41, 5.74) is -2.19. The van der Waals surface area contributed by atoms with Crippen molar-refractivity contribution in [2.75, 3.05) is 105 Å². The van der Waals surface area contributed by atoms with Crippen LogP contribution in [0.25, 0.3) is 20.9 Å². The summed E-state index contributed by atoms with van der Waals surface area (Å²) in [6.45, 7) is 22.9. The minimum absolute atomic E-state index is 0.00483. The van der Waals surface area contributed by atoms with Crippen LogP contribution < -0.4 is 36.3 Å². The fourth-order valence-electron chi connectivity index (χ4n) is 16.7. The summed E-state index contributed by atoms with van der Waals surface area (Å²) in [5, 5.41) is 13.3. The van der Waals surface area contributed by atoms with Gasteiger partial charge in [0.1, 0.15) is 63.2 Å². The Bertz CT molecular complexity index is 4340. The third-order valence-electron chi connectivity index (χ3n) is 24.9. The maximum Gasteiger partial charge on any atom is 0.475 e. The van der Waals surface area contributed by atoms with Crippen molar-refractivity contribution in [2.45, 2.75) is 412 Å². The lowest BCUT2D eigenvalue weighted by Gasteiger charge is -2.28. The molecule has 1 aromatic carbocycles. The SMILES string of the molecule is [C-]#[N+]CCOP(=O)(OCCOC(=O)CCC(=O)OCCN(C)C(=O)c1cc(OCCCCCCCCCCCCCCCCCC)c(OCCCCCCCCCCCCCCCCCC)c(OCCCCCCCCCCCCCCCCCC)c1)OC1C[C@H](n2cc(C)c(=O)[nH]c2=O)O[C@@H]1COP(=O)(OCC[N+]#[C-])OC1[C@@H](CO)O[C@@H](n2cnc3c(=O)[nH]c(NC(=O)C(C)C)nc32)[C@H]1OC. The molecular weight excluding hydrogens is 1800 g/mol. The summed E-state index contributed by atoms with van der Waals surface area (Å²) < 4.78 is 116. The van der Waals surface area contributed by atoms with Crippen molar-refractivity contribution in [3.8, 4) is 17.2 Å². The first-order valence-electron chi connectivity index (χ1n) is 52.0. The predicted molar refractivity (Wildman–Crippen MR) is 529 cm³/mol. The molecule has 9 atom stereocenters. The molecule has 0 bridgehead atoms. The largest absolute Gasteiger partial charge is 0.490 e. The van der Waals surface area contributed by atoms with E-state index < -0.39 is 152 Å². The molecule has 3 aromatic heterocycles. The Balaban J connectivity index is 1.07. The number of phosphoric acid groups is 2. The molecule has 4 unspecified atom stereocenters. The molecule has 34 nitrogen and oxygen atoms in total. The Morgan fingerprint density at radius 2 is 0.971 bits per heavy atom. The van der Waals surface area contributed by atoms with Gasteiger partial charge in [-0.3, -0.25) is 80.3 Å². The molecule has 5 heterocycles. The molecule has 2 amide bonds. The van der Waals surface area contributed by atoms with E-state index in [0.717, 1.165) is 62.4 Å². The highest BCUT2D eigenvalue weighted by molar-refractivity contribution is 7.48. The van der Waals surface area contributed by atoms with Crippen LogP contribution in [0.3, 0.4) is 0 Å². The monoisotopic (exact) mass is 1970 g/mol. The second-order valence-electron chi connectivity index (χ2n) is 36.8. The highest BCUT2D eigenvalue weighted by Crippen LogP contribution is 2.57. The van der Waals surface area contributed by atoms with Crippen molar-refractivity contribution in [1.29, 1.82) is 0 Å². The number of aromatic nitrogens is 6. The van der Waals surface area contributed by atoms with Crippen molar-refractivity contribution >= 4 is 56.5 Å². The van der Waals surface area contributed by atoms with Gasteiger partial charge in [0.25, 0.3) is 17.0 Å². The number of benzene rings is 1. The van der Waals surface area contributed by atoms with Crippen LogP contribution in [0.5, 0.6) is 17.2 Å². The van der Waals surface area contributed by atoms with Crippen LogP contribution in [0, 0.1) is 26.0 Å². The number of anilines is 1. The van der Waals surface area contributed by atoms with Gasteiger partial charge in [0.2, 0.25) is 30.7 Å². The maximum atomic E-state index is 15.1. The first-order valence-corrected chi connectivity index (χ1v) is 55.0. The average Bonchev–Trinajstić information content (AvgIpc) is 1.60. The number of phosphoric ester groups is 2. The second-order valence-corrected chi connectivity index (χ2v) is 40.0. The number of unbranched alkanes of at least 4 members (excludes halogenated alkanes) is 45. The first kappa shape index (κ1) is 118. The quantitative estimate of drug-likeness (QED) is 0.0138. The average molecular weight is 1970 g/mol. The zero-order chi connectivity index (χ0) is 98.9. The molecule has 2 aliphatic rings. The van der Waals surface area contributed by atoms with E-state index in [1.807, 2.05) is 0 Å². The van der Waals surface area contributed by atoms with Gasteiger partial charge in [0.15, 0.2) is 28.9 Å². The van der Waals surface area contributed by atoms with E-state index in [1.54, 1.807) is 33.0 Å². The van der Waals surface area contributed by atoms with Crippen LogP contribution in [0.15, 0.2) is 39.0 Å². The number of amides is 2. The zero-order valence-corrected chi connectivity index (χ0v) is 85.8. The number of carbonyl (C=O) groups excluding carboxylic acids is 4. The Kier molecular flexibility index (Phi) is 61.4. The van der Waals surface area contributed by atoms with Crippen LogP contribution in [-0.2, 0) is 74.3 Å². The molecule has 0 saturated carbocycles. The fraction of sp³-hybridized carbons (Fsp3) is 0.792. The normalized spacial score (nSPS) is 17.4. The van der Waals surface area contributed by atoms with E-state index in [1.165, 1.54) is 286 Å². The van der Waals surface area contributed by atoms with Gasteiger partial charge in [-0.05, 0) is 38.3 Å². The van der Waals surface area contributed by atoms with E-state index in [2.05, 4.69) is 55.7 Å². The Morgan fingerprint density at radius 3 is 1.41 bits per heavy atom. The van der Waals surface area contributed by atoms with Crippen LogP contribution in [0.1, 0.15) is 390 Å². The molecule has 0 spiro atoms. The number of hydrogen-bond acceptors (Lipinski definition) is 26. The number of fused-ring (bicyclic) bond motifs is 1. The van der Waals surface area contributed by atoms with Crippen LogP contribution >= 0.6 is 15.6 Å². The number of aryl methyl sites for hydroxylation is 1. The summed E-state index contributed by atoms with van der Waals surface area (Å²) in [4.78, 5) is 114. The second kappa shape index (κ2) is 71.1. The number of H-pyrrole nitrogens is 2. The summed E-state index contributed by atoms with van der Waals surface area (Å²) in [5.74, 6) is -1.74. The molecule has 2 saturated heterocycles. The number of nitrogens with one attached hydrogen (secondary N) is 3. The lowest BCUT2D eigenvalue weighted by molar-refractivity contribution is -0.150. The fourth-order valence-corrected chi connectivity index (χ4v) is 19.4. The van der Waals surface area contributed by atoms with Gasteiger partial charge < -0.3 is 57.6 Å². The minimum Gasteiger partial charge on any atom is -0.490 e. The van der Waals surface area contributed by atoms with Crippen molar-refractivity contribution in [3.05, 3.63) is 89.8 Å². The van der Waals surface area contributed by atoms with Crippen LogP contribution in [-0.4, -0.2) is 193 Å². The number of methoxy groups -OCH3 is 1. The molecule has 2 fully saturated rings. The number of imidazole rings is 1. The van der Waals surface area contributed by atoms with Gasteiger partial charge >= 0.3 is 33.3 Å². The standard InChI is InChI=1S/C101H168N10O24P2/c1-11-14-17-20-23-26-29-32-35-38-41-44-47-50-53-56-64-123-83-72-81(73-84(124-65-57-54-51-48-45-42-39-36-33-30-27-24-21-18-15-12-2)91(83)127-66-58-55-52-49-46-43-40-37-34-31-28-25-22-19-16-13-3)98(118)109(9)63-69-125-88(113)59-60-89(114)126-70-71-130-136(120,128-67-61-102-7)134-82-74-87(110-75-80(6)96(116)108-101(110)119)132-86(82)77-131-137(121,129-68-62-103-8)135-92-85(76-112)133-99(93(92)122-10)111-78-104-90-94(111)105-100(107-97(90)117)106-95(115)79(4)5/h72-73,75,78-79,82,85-87,92-93,99,112H,11-71,74,76-77H2,1-6,9-10H3,(H,108,116,119)(H2,105,106,107,115,117)/t82?,85-,86-,87-,92?,93+,99-,136?,137?/m1/s1. The molecule has 6 rings (SSSR count). The van der Waals surface area contributed by atoms with Gasteiger partial charge in [-0.2, -0.15) is 4.98 Å². The van der Waals surface area contributed by atoms with Crippen molar-refractivity contribution < 1.29 is 98.5 Å². The number of esters is 2. The molecule has 0 radical (unpaired) electrons. The predicted octanol–water partition coefficient (Wildman–Crippen LogP) is 22.2. The summed E-state index contributed by atoms with van der Waals surface area (Å²) >= 11 is 0. The first-order chi connectivity index (χ1) is 66.5. The molecule has 4 N–H and O–H groups in total. The van der Waals surface area contributed by atoms with E-state index >= 15 is 4.57 Å². The van der Waals surface area contributed by atoms with E-state index in [-0.39, 0.29) is 61.2 Å². The number of carbonyl (C=O) groups is 4. The Hall–Kier alpha value is -7.43. The van der Waals surface area contributed by atoms with Crippen molar-refractivity contribution in [1.82, 2.24) is 34.0 Å². The highest BCUT2D eigenvalue weighted by Gasteiger charge is 2.52. The molecule has 776 valence electrons. The molecule has 36 heteroatoms. The van der Waals surface area contributed by atoms with Gasteiger partial charge in [-0.25, -0.2) is 32.1 Å². The topological polar surface area (TPSA) is 394 Å². The number of nitrogens with zero attached hydrogens (tertiary/aromatic N) is 7. The van der Waals surface area contributed by atoms with Crippen molar-refractivity contribution in [3.63, 3.8) is 0 Å². The number of rotatable bonds is 84. The number of aliphatic hydroxyl groups is 1. The summed E-state index contributed by atoms with van der Waals surface area (Å²) in [7, 11) is -7.08. The van der Waals surface area contributed by atoms with Gasteiger partial charge in [-0.15, -0.1) is 0 Å². The highest BCUT2D eigenvalue weighted by atomic mass is 31.2. The van der Waals surface area contributed by atoms with Gasteiger partial charge in [-0.1, -0.05) is 324 Å². The number of aliphatic hydroxyl groups excluding tert-OH is 1. The number of likely N-dealkylation sites (N-methyl/N-ethyl adjacent to an activating group) is 1. The van der Waals surface area contributed by atoms with Crippen LogP contribution in [0.4, 0.5) is 5.95 Å². The van der Waals surface area contributed by atoms with Gasteiger partial charge in [0, 0.05) is 43.8 Å². The molecule has 4 aromatic rings. The summed E-state index contributed by atoms with van der Waals surface area (Å²) in [6.07, 6.45) is 51.5. The Morgan fingerprint density at radius 1 is 0.540 bits per heavy atom. The van der Waals surface area contributed by atoms with Gasteiger partial charge in [0.05, 0.1) is 65.4 Å². The Labute approximate surface area is 814 Å². The summed E-state index contributed by atoms with van der Waals surface area (Å²) in [6, 6.07) is 3.48. The van der Waals surface area contributed by atoms with E-state index in [4.69, 9.17) is 78.2 Å². The smallest absolute Gasteiger partial charge is 0.475 e.